The maximum atomic E-state index is 11.8. The Hall–Kier alpha value is -1.47. The molecule has 2 amide bonds. The lowest BCUT2D eigenvalue weighted by Crippen LogP contribution is -2.38. The van der Waals surface area contributed by atoms with Gasteiger partial charge in [0.25, 0.3) is 5.91 Å². The third kappa shape index (κ3) is 3.74. The van der Waals surface area contributed by atoms with E-state index in [1.165, 1.54) is 11.3 Å². The fourth-order valence-corrected chi connectivity index (χ4v) is 2.77. The van der Waals surface area contributed by atoms with Crippen LogP contribution in [0.1, 0.15) is 28.3 Å². The van der Waals surface area contributed by atoms with Crippen LogP contribution in [0, 0.1) is 0 Å². The first-order chi connectivity index (χ1) is 9.20. The summed E-state index contributed by atoms with van der Waals surface area (Å²) in [6.45, 7) is 2.16. The topological polar surface area (TPSA) is 88.3 Å². The van der Waals surface area contributed by atoms with Crippen molar-refractivity contribution in [3.63, 3.8) is 0 Å². The number of nitrogens with one attached hydrogen (secondary N) is 1. The number of rotatable bonds is 5. The van der Waals surface area contributed by atoms with Crippen molar-refractivity contribution in [2.24, 2.45) is 5.73 Å². The largest absolute Gasteiger partial charge is 0.342 e. The Morgan fingerprint density at radius 2 is 2.16 bits per heavy atom. The van der Waals surface area contributed by atoms with Crippen LogP contribution < -0.4 is 11.1 Å². The maximum Gasteiger partial charge on any atom is 0.271 e. The van der Waals surface area contributed by atoms with Gasteiger partial charge in [0.2, 0.25) is 5.91 Å². The van der Waals surface area contributed by atoms with Crippen LogP contribution in [0.3, 0.4) is 0 Å². The van der Waals surface area contributed by atoms with Crippen LogP contribution in [0.15, 0.2) is 5.38 Å². The van der Waals surface area contributed by atoms with E-state index in [1.54, 1.807) is 10.3 Å². The summed E-state index contributed by atoms with van der Waals surface area (Å²) in [5.74, 6) is -0.324. The van der Waals surface area contributed by atoms with Crippen LogP contribution >= 0.6 is 11.3 Å². The highest BCUT2D eigenvalue weighted by Crippen LogP contribution is 2.10. The van der Waals surface area contributed by atoms with Crippen LogP contribution in [-0.2, 0) is 11.2 Å². The molecule has 0 spiro atoms. The molecule has 104 valence electrons. The predicted molar refractivity (Wildman–Crippen MR) is 73.0 cm³/mol. The SMILES string of the molecule is NCCc1nc(C(=O)NCC(=O)N2CCCC2)cs1. The van der Waals surface area contributed by atoms with E-state index < -0.39 is 0 Å². The van der Waals surface area contributed by atoms with E-state index in [1.807, 2.05) is 0 Å². The second-order valence-corrected chi connectivity index (χ2v) is 5.38. The zero-order valence-corrected chi connectivity index (χ0v) is 11.5. The molecule has 0 unspecified atom stereocenters. The molecule has 7 heteroatoms. The molecular weight excluding hydrogens is 264 g/mol. The van der Waals surface area contributed by atoms with Crippen molar-refractivity contribution in [2.75, 3.05) is 26.2 Å². The number of hydrogen-bond donors (Lipinski definition) is 2. The summed E-state index contributed by atoms with van der Waals surface area (Å²) in [4.78, 5) is 29.5. The zero-order valence-electron chi connectivity index (χ0n) is 10.7. The van der Waals surface area contributed by atoms with Crippen LogP contribution in [0.4, 0.5) is 0 Å². The molecule has 6 nitrogen and oxygen atoms in total. The molecule has 0 bridgehead atoms. The Kier molecular flexibility index (Phi) is 4.86. The number of nitrogens with two attached hydrogens (primary N) is 1. The molecular formula is C12H18N4O2S. The predicted octanol–water partition coefficient (Wildman–Crippen LogP) is -0.00350. The van der Waals surface area contributed by atoms with Gasteiger partial charge in [-0.3, -0.25) is 9.59 Å². The second kappa shape index (κ2) is 6.63. The molecule has 1 saturated heterocycles. The van der Waals surface area contributed by atoms with Gasteiger partial charge in [-0.2, -0.15) is 0 Å². The third-order valence-corrected chi connectivity index (χ3v) is 3.91. The molecule has 2 rings (SSSR count). The van der Waals surface area contributed by atoms with Gasteiger partial charge in [-0.15, -0.1) is 11.3 Å². The Balaban J connectivity index is 1.81. The Morgan fingerprint density at radius 3 is 2.84 bits per heavy atom. The summed E-state index contributed by atoms with van der Waals surface area (Å²) >= 11 is 1.41. The van der Waals surface area contributed by atoms with E-state index in [0.717, 1.165) is 30.9 Å². The minimum absolute atomic E-state index is 0.0248. The normalized spacial score (nSPS) is 14.7. The number of aromatic nitrogens is 1. The Labute approximate surface area is 116 Å². The van der Waals surface area contributed by atoms with E-state index in [9.17, 15) is 9.59 Å². The van der Waals surface area contributed by atoms with Crippen LogP contribution in [-0.4, -0.2) is 47.9 Å². The van der Waals surface area contributed by atoms with Gasteiger partial charge in [0, 0.05) is 24.9 Å². The van der Waals surface area contributed by atoms with Gasteiger partial charge in [0.15, 0.2) is 0 Å². The minimum atomic E-state index is -0.299. The standard InChI is InChI=1S/C12H18N4O2S/c13-4-3-10-15-9(8-19-10)12(18)14-7-11(17)16-5-1-2-6-16/h8H,1-7,13H2,(H,14,18). The fraction of sp³-hybridized carbons (Fsp3) is 0.583. The van der Waals surface area contributed by atoms with Gasteiger partial charge in [-0.25, -0.2) is 4.98 Å². The van der Waals surface area contributed by atoms with Crippen molar-refractivity contribution in [2.45, 2.75) is 19.3 Å². The molecule has 1 aliphatic heterocycles. The highest BCUT2D eigenvalue weighted by Gasteiger charge is 2.19. The number of likely N-dealkylation sites (tertiary alicyclic amines) is 1. The van der Waals surface area contributed by atoms with E-state index in [4.69, 9.17) is 5.73 Å². The lowest BCUT2D eigenvalue weighted by molar-refractivity contribution is -0.129. The van der Waals surface area contributed by atoms with Gasteiger partial charge >= 0.3 is 0 Å². The van der Waals surface area contributed by atoms with Crippen molar-refractivity contribution in [3.05, 3.63) is 16.1 Å². The number of nitrogens with zero attached hydrogens (tertiary/aromatic N) is 2. The van der Waals surface area contributed by atoms with E-state index in [-0.39, 0.29) is 18.4 Å². The summed E-state index contributed by atoms with van der Waals surface area (Å²) in [6, 6.07) is 0. The summed E-state index contributed by atoms with van der Waals surface area (Å²) in [6.07, 6.45) is 2.77. The highest BCUT2D eigenvalue weighted by molar-refractivity contribution is 7.09. The van der Waals surface area contributed by atoms with E-state index in [2.05, 4.69) is 10.3 Å². The molecule has 1 aromatic rings. The molecule has 0 atom stereocenters. The first-order valence-electron chi connectivity index (χ1n) is 6.41. The summed E-state index contributed by atoms with van der Waals surface area (Å²) in [5, 5.41) is 5.15. The third-order valence-electron chi connectivity index (χ3n) is 3.00. The molecule has 0 saturated carbocycles. The summed E-state index contributed by atoms with van der Waals surface area (Å²) < 4.78 is 0. The number of thiazole rings is 1. The minimum Gasteiger partial charge on any atom is -0.342 e. The molecule has 3 N–H and O–H groups in total. The fourth-order valence-electron chi connectivity index (χ4n) is 1.98. The molecule has 0 radical (unpaired) electrons. The number of carbonyl (C=O) groups is 2. The van der Waals surface area contributed by atoms with Crippen molar-refractivity contribution in [1.29, 1.82) is 0 Å². The van der Waals surface area contributed by atoms with Crippen molar-refractivity contribution < 1.29 is 9.59 Å². The summed E-state index contributed by atoms with van der Waals surface area (Å²) in [5.41, 5.74) is 5.79. The Bertz CT molecular complexity index is 454. The van der Waals surface area contributed by atoms with Crippen molar-refractivity contribution >= 4 is 23.2 Å². The van der Waals surface area contributed by atoms with E-state index in [0.29, 0.717) is 18.7 Å². The number of amides is 2. The Morgan fingerprint density at radius 1 is 1.42 bits per heavy atom. The second-order valence-electron chi connectivity index (χ2n) is 4.44. The average Bonchev–Trinajstić information content (AvgIpc) is 3.06. The van der Waals surface area contributed by atoms with Gasteiger partial charge < -0.3 is 16.0 Å². The smallest absolute Gasteiger partial charge is 0.271 e. The van der Waals surface area contributed by atoms with Crippen molar-refractivity contribution in [1.82, 2.24) is 15.2 Å². The lowest BCUT2D eigenvalue weighted by Gasteiger charge is -2.14. The molecule has 1 aromatic heterocycles. The molecule has 19 heavy (non-hydrogen) atoms. The van der Waals surface area contributed by atoms with Crippen LogP contribution in [0.2, 0.25) is 0 Å². The monoisotopic (exact) mass is 282 g/mol. The van der Waals surface area contributed by atoms with Crippen LogP contribution in [0.25, 0.3) is 0 Å². The average molecular weight is 282 g/mol. The van der Waals surface area contributed by atoms with Crippen LogP contribution in [0.5, 0.6) is 0 Å². The number of hydrogen-bond acceptors (Lipinski definition) is 5. The quantitative estimate of drug-likeness (QED) is 0.795. The van der Waals surface area contributed by atoms with Gasteiger partial charge in [-0.1, -0.05) is 0 Å². The molecule has 0 aliphatic carbocycles. The first kappa shape index (κ1) is 14.0. The van der Waals surface area contributed by atoms with E-state index >= 15 is 0 Å². The van der Waals surface area contributed by atoms with Gasteiger partial charge in [0.1, 0.15) is 5.69 Å². The first-order valence-corrected chi connectivity index (χ1v) is 7.29. The molecule has 0 aromatic carbocycles. The highest BCUT2D eigenvalue weighted by atomic mass is 32.1. The number of carbonyl (C=O) groups excluding carboxylic acids is 2. The summed E-state index contributed by atoms with van der Waals surface area (Å²) in [7, 11) is 0. The zero-order chi connectivity index (χ0) is 13.7. The molecule has 2 heterocycles. The molecule has 1 fully saturated rings. The van der Waals surface area contributed by atoms with Gasteiger partial charge in [0.05, 0.1) is 11.6 Å². The maximum absolute atomic E-state index is 11.8. The van der Waals surface area contributed by atoms with Crippen molar-refractivity contribution in [3.8, 4) is 0 Å². The molecule has 1 aliphatic rings. The van der Waals surface area contributed by atoms with Gasteiger partial charge in [-0.05, 0) is 19.4 Å². The lowest BCUT2D eigenvalue weighted by atomic mass is 10.4.